The lowest BCUT2D eigenvalue weighted by molar-refractivity contribution is 0.452. The van der Waals surface area contributed by atoms with E-state index in [1.807, 2.05) is 0 Å². The third kappa shape index (κ3) is 9.24. The van der Waals surface area contributed by atoms with E-state index in [1.54, 1.807) is 12.1 Å². The largest absolute Gasteiger partial charge is 0.508 e. The van der Waals surface area contributed by atoms with E-state index in [0.29, 0.717) is 5.75 Å². The Balaban J connectivity index is 1.90. The van der Waals surface area contributed by atoms with Gasteiger partial charge in [-0.1, -0.05) is 57.8 Å². The van der Waals surface area contributed by atoms with Crippen LogP contribution in [0.4, 0.5) is 0 Å². The summed E-state index contributed by atoms with van der Waals surface area (Å²) in [7, 11) is 0. The van der Waals surface area contributed by atoms with Gasteiger partial charge in [0.25, 0.3) is 0 Å². The van der Waals surface area contributed by atoms with Gasteiger partial charge in [0.15, 0.2) is 0 Å². The Morgan fingerprint density at radius 3 is 1.73 bits per heavy atom. The summed E-state index contributed by atoms with van der Waals surface area (Å²) in [5.41, 5.74) is 0.862. The highest BCUT2D eigenvalue weighted by atomic mass is 32.1. The summed E-state index contributed by atoms with van der Waals surface area (Å²) >= 11 is 4.23. The standard InChI is InChI=1S/C19H32O2S/c20-18-13-14-19(21)17(16-18)12-10-8-6-4-2-1-3-5-7-9-11-15-22/h13-14,16,20-22H,1-12,15H2. The van der Waals surface area contributed by atoms with Crippen molar-refractivity contribution >= 4 is 12.6 Å². The lowest BCUT2D eigenvalue weighted by Gasteiger charge is -2.05. The van der Waals surface area contributed by atoms with Crippen molar-refractivity contribution < 1.29 is 10.2 Å². The molecule has 0 aliphatic heterocycles. The van der Waals surface area contributed by atoms with Crippen molar-refractivity contribution in [2.75, 3.05) is 5.75 Å². The van der Waals surface area contributed by atoms with Gasteiger partial charge in [-0.15, -0.1) is 0 Å². The number of phenols is 2. The SMILES string of the molecule is Oc1ccc(O)c(CCCCCCCCCCCCCS)c1. The molecule has 0 amide bonds. The van der Waals surface area contributed by atoms with Crippen LogP contribution in [0, 0.1) is 0 Å². The van der Waals surface area contributed by atoms with Crippen LogP contribution in [0.15, 0.2) is 18.2 Å². The number of unbranched alkanes of at least 4 members (excludes halogenated alkanes) is 10. The van der Waals surface area contributed by atoms with Crippen LogP contribution in [0.5, 0.6) is 11.5 Å². The topological polar surface area (TPSA) is 40.5 Å². The van der Waals surface area contributed by atoms with Crippen molar-refractivity contribution in [2.24, 2.45) is 0 Å². The number of aryl methyl sites for hydroxylation is 1. The van der Waals surface area contributed by atoms with E-state index < -0.39 is 0 Å². The summed E-state index contributed by atoms with van der Waals surface area (Å²) in [5.74, 6) is 1.57. The molecule has 0 spiro atoms. The Labute approximate surface area is 141 Å². The summed E-state index contributed by atoms with van der Waals surface area (Å²) in [5, 5.41) is 19.1. The van der Waals surface area contributed by atoms with E-state index in [-0.39, 0.29) is 5.75 Å². The predicted octanol–water partition coefficient (Wildman–Crippen LogP) is 5.86. The zero-order valence-electron chi connectivity index (χ0n) is 13.8. The first-order valence-corrected chi connectivity index (χ1v) is 9.49. The second-order valence-electron chi connectivity index (χ2n) is 6.18. The van der Waals surface area contributed by atoms with Gasteiger partial charge in [0.2, 0.25) is 0 Å². The molecule has 1 aromatic carbocycles. The highest BCUT2D eigenvalue weighted by molar-refractivity contribution is 7.80. The molecule has 126 valence electrons. The molecule has 22 heavy (non-hydrogen) atoms. The van der Waals surface area contributed by atoms with Crippen LogP contribution in [0.1, 0.15) is 76.2 Å². The van der Waals surface area contributed by atoms with Crippen LogP contribution in [-0.4, -0.2) is 16.0 Å². The third-order valence-electron chi connectivity index (χ3n) is 4.17. The average molecular weight is 325 g/mol. The molecule has 3 heteroatoms. The summed E-state index contributed by atoms with van der Waals surface area (Å²) < 4.78 is 0. The van der Waals surface area contributed by atoms with Crippen LogP contribution >= 0.6 is 12.6 Å². The van der Waals surface area contributed by atoms with Gasteiger partial charge in [-0.2, -0.15) is 12.6 Å². The molecule has 0 aliphatic carbocycles. The Bertz CT molecular complexity index is 393. The van der Waals surface area contributed by atoms with E-state index in [1.165, 1.54) is 70.3 Å². The molecule has 0 saturated heterocycles. The van der Waals surface area contributed by atoms with Crippen molar-refractivity contribution in [1.82, 2.24) is 0 Å². The fraction of sp³-hybridized carbons (Fsp3) is 0.684. The van der Waals surface area contributed by atoms with E-state index in [9.17, 15) is 10.2 Å². The number of hydrogen-bond donors (Lipinski definition) is 3. The van der Waals surface area contributed by atoms with Gasteiger partial charge in [-0.25, -0.2) is 0 Å². The highest BCUT2D eigenvalue weighted by Gasteiger charge is 2.02. The highest BCUT2D eigenvalue weighted by Crippen LogP contribution is 2.24. The molecule has 0 aromatic heterocycles. The Morgan fingerprint density at radius 1 is 0.682 bits per heavy atom. The van der Waals surface area contributed by atoms with Gasteiger partial charge >= 0.3 is 0 Å². The Morgan fingerprint density at radius 2 is 1.18 bits per heavy atom. The van der Waals surface area contributed by atoms with Gasteiger partial charge in [-0.05, 0) is 48.8 Å². The molecule has 2 N–H and O–H groups in total. The second-order valence-corrected chi connectivity index (χ2v) is 6.62. The quantitative estimate of drug-likeness (QED) is 0.241. The van der Waals surface area contributed by atoms with Gasteiger partial charge < -0.3 is 10.2 Å². The molecule has 1 aromatic rings. The minimum absolute atomic E-state index is 0.238. The van der Waals surface area contributed by atoms with Crippen LogP contribution in [0.3, 0.4) is 0 Å². The van der Waals surface area contributed by atoms with Crippen LogP contribution in [0.25, 0.3) is 0 Å². The minimum atomic E-state index is 0.238. The van der Waals surface area contributed by atoms with Gasteiger partial charge in [0.1, 0.15) is 11.5 Å². The van der Waals surface area contributed by atoms with Crippen molar-refractivity contribution in [2.45, 2.75) is 77.0 Å². The molecular weight excluding hydrogens is 292 g/mol. The molecule has 0 radical (unpaired) electrons. The smallest absolute Gasteiger partial charge is 0.119 e. The first-order chi connectivity index (χ1) is 10.7. The maximum absolute atomic E-state index is 9.70. The molecule has 0 aliphatic rings. The van der Waals surface area contributed by atoms with Crippen molar-refractivity contribution in [3.63, 3.8) is 0 Å². The maximum Gasteiger partial charge on any atom is 0.119 e. The molecule has 0 bridgehead atoms. The maximum atomic E-state index is 9.70. The molecule has 1 rings (SSSR count). The van der Waals surface area contributed by atoms with Crippen molar-refractivity contribution in [3.05, 3.63) is 23.8 Å². The van der Waals surface area contributed by atoms with E-state index >= 15 is 0 Å². The Kier molecular flexibility index (Phi) is 11.1. The van der Waals surface area contributed by atoms with E-state index in [4.69, 9.17) is 0 Å². The number of hydrogen-bond acceptors (Lipinski definition) is 3. The fourth-order valence-electron chi connectivity index (χ4n) is 2.79. The second kappa shape index (κ2) is 12.7. The Hall–Kier alpha value is -0.830. The summed E-state index contributed by atoms with van der Waals surface area (Å²) in [6.07, 6.45) is 15.2. The van der Waals surface area contributed by atoms with E-state index in [2.05, 4.69) is 12.6 Å². The molecule has 2 nitrogen and oxygen atoms in total. The minimum Gasteiger partial charge on any atom is -0.508 e. The monoisotopic (exact) mass is 324 g/mol. The first kappa shape index (κ1) is 19.2. The van der Waals surface area contributed by atoms with Gasteiger partial charge in [0.05, 0.1) is 0 Å². The molecule has 0 heterocycles. The predicted molar refractivity (Wildman–Crippen MR) is 98.1 cm³/mol. The normalized spacial score (nSPS) is 11.0. The van der Waals surface area contributed by atoms with Gasteiger partial charge in [-0.3, -0.25) is 0 Å². The summed E-state index contributed by atoms with van der Waals surface area (Å²) in [6, 6.07) is 4.77. The zero-order chi connectivity index (χ0) is 16.0. The van der Waals surface area contributed by atoms with Crippen LogP contribution < -0.4 is 0 Å². The lowest BCUT2D eigenvalue weighted by atomic mass is 10.0. The molecule has 0 saturated carbocycles. The van der Waals surface area contributed by atoms with Gasteiger partial charge in [0, 0.05) is 0 Å². The zero-order valence-corrected chi connectivity index (χ0v) is 14.7. The summed E-state index contributed by atoms with van der Waals surface area (Å²) in [6.45, 7) is 0. The number of phenolic OH excluding ortho intramolecular Hbond substituents is 2. The average Bonchev–Trinajstić information content (AvgIpc) is 2.51. The molecule has 0 unspecified atom stereocenters. The lowest BCUT2D eigenvalue weighted by Crippen LogP contribution is -1.88. The van der Waals surface area contributed by atoms with E-state index in [0.717, 1.165) is 24.2 Å². The number of benzene rings is 1. The number of rotatable bonds is 13. The summed E-state index contributed by atoms with van der Waals surface area (Å²) in [4.78, 5) is 0. The van der Waals surface area contributed by atoms with Crippen molar-refractivity contribution in [3.8, 4) is 11.5 Å². The fourth-order valence-corrected chi connectivity index (χ4v) is 3.01. The number of thiol groups is 1. The van der Waals surface area contributed by atoms with Crippen LogP contribution in [0.2, 0.25) is 0 Å². The molecule has 0 atom stereocenters. The van der Waals surface area contributed by atoms with Crippen LogP contribution in [-0.2, 0) is 6.42 Å². The molecule has 0 fully saturated rings. The first-order valence-electron chi connectivity index (χ1n) is 8.86. The molecular formula is C19H32O2S. The number of aromatic hydroxyl groups is 2. The van der Waals surface area contributed by atoms with Crippen molar-refractivity contribution in [1.29, 1.82) is 0 Å². The third-order valence-corrected chi connectivity index (χ3v) is 4.48.